The van der Waals surface area contributed by atoms with Gasteiger partial charge in [-0.05, 0) is 31.5 Å². The third-order valence-corrected chi connectivity index (χ3v) is 6.04. The van der Waals surface area contributed by atoms with Crippen LogP contribution >= 0.6 is 35.0 Å². The van der Waals surface area contributed by atoms with Gasteiger partial charge < -0.3 is 5.32 Å². The molecule has 1 aromatic carbocycles. The molecular formula is C17H17Cl2N3O2S. The number of halogens is 2. The minimum Gasteiger partial charge on any atom is -0.326 e. The summed E-state index contributed by atoms with van der Waals surface area (Å²) in [5, 5.41) is 4.33. The molecule has 1 amide bonds. The number of aryl methyl sites for hydroxylation is 1. The molecule has 0 aliphatic carbocycles. The van der Waals surface area contributed by atoms with E-state index < -0.39 is 0 Å². The zero-order valence-corrected chi connectivity index (χ0v) is 16.1. The van der Waals surface area contributed by atoms with Crippen LogP contribution in [0.3, 0.4) is 0 Å². The molecule has 25 heavy (non-hydrogen) atoms. The number of nitrogens with zero attached hydrogens (tertiary/aromatic N) is 2. The van der Waals surface area contributed by atoms with Crippen LogP contribution in [0.25, 0.3) is 0 Å². The predicted molar refractivity (Wildman–Crippen MR) is 102 cm³/mol. The molecule has 0 spiro atoms. The van der Waals surface area contributed by atoms with Gasteiger partial charge >= 0.3 is 0 Å². The Balaban J connectivity index is 1.81. The number of anilines is 1. The quantitative estimate of drug-likeness (QED) is 0.800. The van der Waals surface area contributed by atoms with E-state index in [1.54, 1.807) is 22.8 Å². The van der Waals surface area contributed by atoms with Gasteiger partial charge in [-0.15, -0.1) is 0 Å². The van der Waals surface area contributed by atoms with E-state index in [4.69, 9.17) is 23.2 Å². The van der Waals surface area contributed by atoms with Gasteiger partial charge in [-0.2, -0.15) is 0 Å². The summed E-state index contributed by atoms with van der Waals surface area (Å²) in [6.45, 7) is 4.11. The molecule has 0 bridgehead atoms. The lowest BCUT2D eigenvalue weighted by atomic mass is 10.1. The van der Waals surface area contributed by atoms with Crippen molar-refractivity contribution in [1.29, 1.82) is 0 Å². The summed E-state index contributed by atoms with van der Waals surface area (Å²) >= 11 is 13.3. The van der Waals surface area contributed by atoms with Gasteiger partial charge in [0.05, 0.1) is 16.0 Å². The lowest BCUT2D eigenvalue weighted by Crippen LogP contribution is -2.38. The average molecular weight is 398 g/mol. The number of hydrogen-bond acceptors (Lipinski definition) is 4. The second kappa shape index (κ2) is 7.40. The maximum Gasteiger partial charge on any atom is 0.257 e. The normalized spacial score (nSPS) is 16.4. The fraction of sp³-hybridized carbons (Fsp3) is 0.353. The second-order valence-corrected chi connectivity index (χ2v) is 7.66. The van der Waals surface area contributed by atoms with Gasteiger partial charge in [-0.25, -0.2) is 4.98 Å². The largest absolute Gasteiger partial charge is 0.326 e. The van der Waals surface area contributed by atoms with Crippen LogP contribution in [0.4, 0.5) is 5.69 Å². The van der Waals surface area contributed by atoms with E-state index in [0.717, 1.165) is 5.69 Å². The molecule has 0 radical (unpaired) electrons. The van der Waals surface area contributed by atoms with Gasteiger partial charge in [0.2, 0.25) is 5.91 Å². The first-order valence-electron chi connectivity index (χ1n) is 7.89. The summed E-state index contributed by atoms with van der Waals surface area (Å²) in [5.41, 5.74) is 2.00. The van der Waals surface area contributed by atoms with Crippen molar-refractivity contribution in [3.63, 3.8) is 0 Å². The Kier molecular flexibility index (Phi) is 5.41. The first-order chi connectivity index (χ1) is 11.9. The first-order valence-corrected chi connectivity index (χ1v) is 9.64. The van der Waals surface area contributed by atoms with Crippen LogP contribution in [-0.4, -0.2) is 21.2 Å². The maximum absolute atomic E-state index is 12.6. The molecule has 0 saturated carbocycles. The van der Waals surface area contributed by atoms with Crippen LogP contribution in [-0.2, 0) is 17.8 Å². The van der Waals surface area contributed by atoms with Gasteiger partial charge in [0.1, 0.15) is 0 Å². The SMILES string of the molecule is CCc1c(C)nc2n(c1=O)CC(C(=O)Nc1ccc(Cl)c(Cl)c1)CS2. The molecule has 2 heterocycles. The molecule has 1 atom stereocenters. The Morgan fingerprint density at radius 1 is 1.40 bits per heavy atom. The highest BCUT2D eigenvalue weighted by Crippen LogP contribution is 2.28. The van der Waals surface area contributed by atoms with Crippen molar-refractivity contribution in [3.8, 4) is 0 Å². The van der Waals surface area contributed by atoms with Crippen molar-refractivity contribution in [3.05, 3.63) is 49.9 Å². The highest BCUT2D eigenvalue weighted by Gasteiger charge is 2.28. The minimum atomic E-state index is -0.320. The monoisotopic (exact) mass is 397 g/mol. The third-order valence-electron chi connectivity index (χ3n) is 4.16. The lowest BCUT2D eigenvalue weighted by molar-refractivity contribution is -0.119. The van der Waals surface area contributed by atoms with Crippen LogP contribution in [0.5, 0.6) is 0 Å². The number of carbonyl (C=O) groups excluding carboxylic acids is 1. The standard InChI is InChI=1S/C17H17Cl2N3O2S/c1-3-12-9(2)20-17-22(16(12)24)7-10(8-25-17)15(23)21-11-4-5-13(18)14(19)6-11/h4-6,10H,3,7-8H2,1-2H3,(H,21,23). The van der Waals surface area contributed by atoms with Gasteiger partial charge in [-0.3, -0.25) is 14.2 Å². The fourth-order valence-corrected chi connectivity index (χ4v) is 4.20. The molecular weight excluding hydrogens is 381 g/mol. The van der Waals surface area contributed by atoms with Crippen molar-refractivity contribution in [2.45, 2.75) is 32.0 Å². The Morgan fingerprint density at radius 2 is 2.16 bits per heavy atom. The summed E-state index contributed by atoms with van der Waals surface area (Å²) in [7, 11) is 0. The zero-order chi connectivity index (χ0) is 18.1. The third kappa shape index (κ3) is 3.71. The van der Waals surface area contributed by atoms with Crippen LogP contribution in [0.2, 0.25) is 10.0 Å². The molecule has 5 nitrogen and oxygen atoms in total. The van der Waals surface area contributed by atoms with Crippen LogP contribution in [0, 0.1) is 12.8 Å². The van der Waals surface area contributed by atoms with Crippen molar-refractivity contribution >= 4 is 46.6 Å². The van der Waals surface area contributed by atoms with Crippen molar-refractivity contribution < 1.29 is 4.79 Å². The number of hydrogen-bond donors (Lipinski definition) is 1. The molecule has 0 saturated heterocycles. The predicted octanol–water partition coefficient (Wildman–Crippen LogP) is 3.78. The summed E-state index contributed by atoms with van der Waals surface area (Å²) in [6.07, 6.45) is 0.628. The fourth-order valence-electron chi connectivity index (χ4n) is 2.78. The summed E-state index contributed by atoms with van der Waals surface area (Å²) < 4.78 is 1.61. The molecule has 2 aromatic rings. The van der Waals surface area contributed by atoms with E-state index in [1.807, 2.05) is 13.8 Å². The highest BCUT2D eigenvalue weighted by molar-refractivity contribution is 7.99. The van der Waals surface area contributed by atoms with E-state index >= 15 is 0 Å². The number of carbonyl (C=O) groups is 1. The molecule has 1 N–H and O–H groups in total. The molecule has 132 valence electrons. The van der Waals surface area contributed by atoms with Gasteiger partial charge in [0.25, 0.3) is 5.56 Å². The van der Waals surface area contributed by atoms with E-state index in [9.17, 15) is 9.59 Å². The van der Waals surface area contributed by atoms with E-state index in [1.165, 1.54) is 11.8 Å². The number of nitrogens with one attached hydrogen (secondary N) is 1. The summed E-state index contributed by atoms with van der Waals surface area (Å²) in [6, 6.07) is 4.94. The number of amides is 1. The van der Waals surface area contributed by atoms with Gasteiger partial charge in [0, 0.05) is 29.2 Å². The second-order valence-electron chi connectivity index (χ2n) is 5.85. The van der Waals surface area contributed by atoms with Gasteiger partial charge in [0.15, 0.2) is 5.16 Å². The smallest absolute Gasteiger partial charge is 0.257 e. The average Bonchev–Trinajstić information content (AvgIpc) is 2.58. The summed E-state index contributed by atoms with van der Waals surface area (Å²) in [4.78, 5) is 29.7. The Morgan fingerprint density at radius 3 is 2.84 bits per heavy atom. The number of aromatic nitrogens is 2. The number of benzene rings is 1. The van der Waals surface area contributed by atoms with Crippen molar-refractivity contribution in [2.24, 2.45) is 5.92 Å². The number of thioether (sulfide) groups is 1. The molecule has 1 aliphatic heterocycles. The first kappa shape index (κ1) is 18.3. The van der Waals surface area contributed by atoms with E-state index in [2.05, 4.69) is 10.3 Å². The van der Waals surface area contributed by atoms with Gasteiger partial charge in [-0.1, -0.05) is 41.9 Å². The number of fused-ring (bicyclic) bond motifs is 1. The maximum atomic E-state index is 12.6. The molecule has 3 rings (SSSR count). The minimum absolute atomic E-state index is 0.0514. The molecule has 8 heteroatoms. The molecule has 0 fully saturated rings. The molecule has 1 unspecified atom stereocenters. The van der Waals surface area contributed by atoms with Crippen LogP contribution in [0.1, 0.15) is 18.2 Å². The number of rotatable bonds is 3. The lowest BCUT2D eigenvalue weighted by Gasteiger charge is -2.25. The highest BCUT2D eigenvalue weighted by atomic mass is 35.5. The molecule has 1 aliphatic rings. The Bertz CT molecular complexity index is 898. The van der Waals surface area contributed by atoms with Crippen molar-refractivity contribution in [2.75, 3.05) is 11.1 Å². The van der Waals surface area contributed by atoms with E-state index in [0.29, 0.717) is 45.2 Å². The topological polar surface area (TPSA) is 64.0 Å². The summed E-state index contributed by atoms with van der Waals surface area (Å²) in [5.74, 6) is 0.103. The van der Waals surface area contributed by atoms with Crippen LogP contribution < -0.4 is 10.9 Å². The van der Waals surface area contributed by atoms with E-state index in [-0.39, 0.29) is 17.4 Å². The Labute approximate surface area is 159 Å². The van der Waals surface area contributed by atoms with Crippen LogP contribution in [0.15, 0.2) is 28.2 Å². The molecule has 1 aromatic heterocycles. The zero-order valence-electron chi connectivity index (χ0n) is 13.8. The Hall–Kier alpha value is -1.50. The van der Waals surface area contributed by atoms with Crippen molar-refractivity contribution in [1.82, 2.24) is 9.55 Å².